The summed E-state index contributed by atoms with van der Waals surface area (Å²) in [5.41, 5.74) is 2.04. The summed E-state index contributed by atoms with van der Waals surface area (Å²) in [6.45, 7) is 0. The Bertz CT molecular complexity index is 1080. The van der Waals surface area contributed by atoms with Crippen LogP contribution < -0.4 is 10.1 Å². The van der Waals surface area contributed by atoms with E-state index in [2.05, 4.69) is 10.3 Å². The number of hydrogen-bond acceptors (Lipinski definition) is 5. The van der Waals surface area contributed by atoms with Crippen molar-refractivity contribution in [1.29, 1.82) is 0 Å². The third-order valence-electron chi connectivity index (χ3n) is 4.56. The summed E-state index contributed by atoms with van der Waals surface area (Å²) in [4.78, 5) is 18.3. The predicted molar refractivity (Wildman–Crippen MR) is 122 cm³/mol. The van der Waals surface area contributed by atoms with Gasteiger partial charge in [-0.2, -0.15) is 0 Å². The molecule has 0 saturated carbocycles. The molecule has 1 atom stereocenters. The molecule has 0 radical (unpaired) electrons. The van der Waals surface area contributed by atoms with Gasteiger partial charge in [-0.05, 0) is 41.3 Å². The van der Waals surface area contributed by atoms with Gasteiger partial charge in [0.05, 0.1) is 18.9 Å². The van der Waals surface area contributed by atoms with Gasteiger partial charge < -0.3 is 10.1 Å². The minimum Gasteiger partial charge on any atom is -0.497 e. The second-order valence-electron chi connectivity index (χ2n) is 6.49. The molecule has 0 unspecified atom stereocenters. The number of carbonyl (C=O) groups excluding carboxylic acids is 1. The number of hydrogen-bond donors (Lipinski definition) is 1. The Balaban J connectivity index is 1.44. The first-order valence-corrected chi connectivity index (χ1v) is 11.3. The molecule has 0 spiro atoms. The van der Waals surface area contributed by atoms with Crippen LogP contribution in [0, 0.1) is 0 Å². The molecule has 2 heterocycles. The number of thioether (sulfide) groups is 1. The van der Waals surface area contributed by atoms with Crippen LogP contribution in [0.2, 0.25) is 0 Å². The van der Waals surface area contributed by atoms with E-state index >= 15 is 0 Å². The number of benzene rings is 2. The van der Waals surface area contributed by atoms with E-state index in [9.17, 15) is 4.79 Å². The van der Waals surface area contributed by atoms with E-state index in [0.717, 1.165) is 27.0 Å². The number of methoxy groups -OCH3 is 1. The Morgan fingerprint density at radius 3 is 2.63 bits per heavy atom. The van der Waals surface area contributed by atoms with Crippen LogP contribution in [0.25, 0.3) is 5.69 Å². The lowest BCUT2D eigenvalue weighted by Gasteiger charge is -2.18. The van der Waals surface area contributed by atoms with Gasteiger partial charge in [-0.15, -0.1) is 11.3 Å². The monoisotopic (exact) mass is 435 g/mol. The van der Waals surface area contributed by atoms with Gasteiger partial charge >= 0.3 is 0 Å². The molecule has 0 saturated heterocycles. The summed E-state index contributed by atoms with van der Waals surface area (Å²) in [6, 6.07) is 21.7. The van der Waals surface area contributed by atoms with E-state index in [0.29, 0.717) is 0 Å². The minimum atomic E-state index is -0.152. The highest BCUT2D eigenvalue weighted by Gasteiger charge is 2.18. The maximum Gasteiger partial charge on any atom is 0.231 e. The molecule has 152 valence electrons. The summed E-state index contributed by atoms with van der Waals surface area (Å²) in [5.74, 6) is 1.04. The molecular weight excluding hydrogens is 414 g/mol. The summed E-state index contributed by atoms with van der Waals surface area (Å²) < 4.78 is 7.18. The highest BCUT2D eigenvalue weighted by atomic mass is 32.2. The number of rotatable bonds is 8. The maximum absolute atomic E-state index is 12.8. The number of amides is 1. The van der Waals surface area contributed by atoms with Crippen LogP contribution in [0.5, 0.6) is 5.75 Å². The van der Waals surface area contributed by atoms with Crippen LogP contribution in [-0.4, -0.2) is 28.3 Å². The zero-order valence-corrected chi connectivity index (χ0v) is 18.0. The molecule has 0 fully saturated rings. The van der Waals surface area contributed by atoms with E-state index in [1.54, 1.807) is 24.6 Å². The lowest BCUT2D eigenvalue weighted by atomic mass is 10.1. The molecule has 0 aliphatic carbocycles. The molecule has 2 aromatic carbocycles. The first-order chi connectivity index (χ1) is 14.7. The van der Waals surface area contributed by atoms with Gasteiger partial charge in [0.2, 0.25) is 5.91 Å². The normalized spacial score (nSPS) is 11.8. The topological polar surface area (TPSA) is 56.2 Å². The number of carbonyl (C=O) groups is 1. The zero-order chi connectivity index (χ0) is 20.8. The molecule has 5 nitrogen and oxygen atoms in total. The van der Waals surface area contributed by atoms with Gasteiger partial charge in [-0.25, -0.2) is 4.98 Å². The molecule has 2 aromatic heterocycles. The van der Waals surface area contributed by atoms with E-state index in [1.807, 2.05) is 82.9 Å². The van der Waals surface area contributed by atoms with Gasteiger partial charge in [0.25, 0.3) is 0 Å². The van der Waals surface area contributed by atoms with Crippen LogP contribution in [0.3, 0.4) is 0 Å². The standard InChI is InChI=1S/C23H21N3O2S2/c1-28-19-11-9-18(10-12-19)26-14-13-24-23(26)30-16-21(27)25-22(20-8-5-15-29-20)17-6-3-2-4-7-17/h2-15,22H,16H2,1H3,(H,25,27)/t22-/m1/s1. The number of nitrogens with one attached hydrogen (secondary N) is 1. The molecule has 7 heteroatoms. The van der Waals surface area contributed by atoms with Gasteiger partial charge in [0.1, 0.15) is 5.75 Å². The highest BCUT2D eigenvalue weighted by Crippen LogP contribution is 2.27. The van der Waals surface area contributed by atoms with Gasteiger partial charge in [-0.1, -0.05) is 48.2 Å². The Labute approximate surface area is 183 Å². The molecule has 0 bridgehead atoms. The van der Waals surface area contributed by atoms with Crippen molar-refractivity contribution < 1.29 is 9.53 Å². The van der Waals surface area contributed by atoms with Crippen molar-refractivity contribution in [3.8, 4) is 11.4 Å². The predicted octanol–water partition coefficient (Wildman–Crippen LogP) is 4.94. The molecule has 0 aliphatic rings. The number of imidazole rings is 1. The molecule has 4 aromatic rings. The smallest absolute Gasteiger partial charge is 0.231 e. The Morgan fingerprint density at radius 2 is 1.93 bits per heavy atom. The Hall–Kier alpha value is -3.03. The second-order valence-corrected chi connectivity index (χ2v) is 8.41. The molecular formula is C23H21N3O2S2. The van der Waals surface area contributed by atoms with E-state index in [-0.39, 0.29) is 17.7 Å². The fraction of sp³-hybridized carbons (Fsp3) is 0.130. The molecule has 4 rings (SSSR count). The largest absolute Gasteiger partial charge is 0.497 e. The molecule has 30 heavy (non-hydrogen) atoms. The van der Waals surface area contributed by atoms with Crippen molar-refractivity contribution in [2.45, 2.75) is 11.2 Å². The number of aromatic nitrogens is 2. The van der Waals surface area contributed by atoms with Crippen molar-refractivity contribution in [2.75, 3.05) is 12.9 Å². The van der Waals surface area contributed by atoms with Crippen molar-refractivity contribution in [3.05, 3.63) is 94.9 Å². The Kier molecular flexibility index (Phi) is 6.51. The van der Waals surface area contributed by atoms with E-state index in [4.69, 9.17) is 4.74 Å². The summed E-state index contributed by atoms with van der Waals surface area (Å²) in [7, 11) is 1.64. The number of thiophene rings is 1. The first kappa shape index (κ1) is 20.3. The van der Waals surface area contributed by atoms with Crippen molar-refractivity contribution >= 4 is 29.0 Å². The molecule has 1 N–H and O–H groups in total. The van der Waals surface area contributed by atoms with Gasteiger partial charge in [-0.3, -0.25) is 9.36 Å². The third kappa shape index (κ3) is 4.75. The van der Waals surface area contributed by atoms with Crippen LogP contribution in [0.1, 0.15) is 16.5 Å². The zero-order valence-electron chi connectivity index (χ0n) is 16.4. The lowest BCUT2D eigenvalue weighted by molar-refractivity contribution is -0.119. The Morgan fingerprint density at radius 1 is 1.13 bits per heavy atom. The van der Waals surface area contributed by atoms with Crippen LogP contribution in [0.15, 0.2) is 89.7 Å². The summed E-state index contributed by atoms with van der Waals surface area (Å²) >= 11 is 3.05. The maximum atomic E-state index is 12.8. The van der Waals surface area contributed by atoms with Gasteiger partial charge in [0, 0.05) is 23.0 Å². The lowest BCUT2D eigenvalue weighted by Crippen LogP contribution is -2.30. The highest BCUT2D eigenvalue weighted by molar-refractivity contribution is 7.99. The first-order valence-electron chi connectivity index (χ1n) is 9.43. The van der Waals surface area contributed by atoms with Crippen molar-refractivity contribution in [3.63, 3.8) is 0 Å². The molecule has 1 amide bonds. The summed E-state index contributed by atoms with van der Waals surface area (Å²) in [6.07, 6.45) is 3.63. The number of nitrogens with zero attached hydrogens (tertiary/aromatic N) is 2. The molecule has 0 aliphatic heterocycles. The van der Waals surface area contributed by atoms with E-state index in [1.165, 1.54) is 11.8 Å². The average molecular weight is 436 g/mol. The van der Waals surface area contributed by atoms with Crippen LogP contribution in [-0.2, 0) is 4.79 Å². The van der Waals surface area contributed by atoms with E-state index < -0.39 is 0 Å². The fourth-order valence-electron chi connectivity index (χ4n) is 3.09. The SMILES string of the molecule is COc1ccc(-n2ccnc2SCC(=O)N[C@H](c2ccccc2)c2cccs2)cc1. The van der Waals surface area contributed by atoms with Crippen LogP contribution >= 0.6 is 23.1 Å². The average Bonchev–Trinajstić information content (AvgIpc) is 3.49. The third-order valence-corrected chi connectivity index (χ3v) is 6.46. The summed E-state index contributed by atoms with van der Waals surface area (Å²) in [5, 5.41) is 5.96. The van der Waals surface area contributed by atoms with Crippen molar-refractivity contribution in [2.24, 2.45) is 0 Å². The van der Waals surface area contributed by atoms with Crippen LogP contribution in [0.4, 0.5) is 0 Å². The second kappa shape index (κ2) is 9.65. The quantitative estimate of drug-likeness (QED) is 0.398. The number of ether oxygens (including phenoxy) is 1. The van der Waals surface area contributed by atoms with Crippen molar-refractivity contribution in [1.82, 2.24) is 14.9 Å². The fourth-order valence-corrected chi connectivity index (χ4v) is 4.68. The minimum absolute atomic E-state index is 0.0356. The van der Waals surface area contributed by atoms with Gasteiger partial charge in [0.15, 0.2) is 5.16 Å².